The Balaban J connectivity index is 3.48. The number of alkyl halides is 3. The van der Waals surface area contributed by atoms with Crippen LogP contribution in [0.3, 0.4) is 0 Å². The Kier molecular flexibility index (Phi) is 3.63. The third-order valence-electron chi connectivity index (χ3n) is 1.92. The lowest BCUT2D eigenvalue weighted by molar-refractivity contribution is -0.137. The van der Waals surface area contributed by atoms with Gasteiger partial charge in [0.05, 0.1) is 34.9 Å². The monoisotopic (exact) mass is 263 g/mol. The van der Waals surface area contributed by atoms with Crippen LogP contribution in [0.1, 0.15) is 21.5 Å². The van der Waals surface area contributed by atoms with Crippen LogP contribution < -0.4 is 0 Å². The molecule has 0 saturated heterocycles. The molecule has 3 nitrogen and oxygen atoms in total. The molecule has 0 aliphatic carbocycles. The minimum Gasteiger partial charge on any atom is -0.465 e. The number of nitriles is 1. The van der Waals surface area contributed by atoms with Gasteiger partial charge in [-0.1, -0.05) is 11.6 Å². The molecule has 1 aromatic rings. The van der Waals surface area contributed by atoms with E-state index >= 15 is 0 Å². The SMILES string of the molecule is COC(=O)c1cc(Cl)c(C(F)(F)F)c(C#N)c1. The van der Waals surface area contributed by atoms with E-state index in [1.54, 1.807) is 0 Å². The maximum Gasteiger partial charge on any atom is 0.419 e. The molecule has 0 aliphatic rings. The molecule has 0 aliphatic heterocycles. The van der Waals surface area contributed by atoms with Crippen LogP contribution in [0.15, 0.2) is 12.1 Å². The van der Waals surface area contributed by atoms with Gasteiger partial charge in [0.25, 0.3) is 0 Å². The summed E-state index contributed by atoms with van der Waals surface area (Å²) in [7, 11) is 1.07. The largest absolute Gasteiger partial charge is 0.465 e. The summed E-state index contributed by atoms with van der Waals surface area (Å²) in [6.45, 7) is 0. The first-order chi connectivity index (χ1) is 7.81. The Hall–Kier alpha value is -1.74. The van der Waals surface area contributed by atoms with Crippen LogP contribution in [0, 0.1) is 11.3 Å². The van der Waals surface area contributed by atoms with E-state index in [9.17, 15) is 18.0 Å². The molecule has 17 heavy (non-hydrogen) atoms. The zero-order chi connectivity index (χ0) is 13.2. The standard InChI is InChI=1S/C10H5ClF3NO2/c1-17-9(16)5-2-6(4-15)8(7(11)3-5)10(12,13)14/h2-3H,1H3. The van der Waals surface area contributed by atoms with Crippen molar-refractivity contribution >= 4 is 17.6 Å². The molecule has 1 aromatic carbocycles. The van der Waals surface area contributed by atoms with Crippen molar-refractivity contribution in [2.45, 2.75) is 6.18 Å². The van der Waals surface area contributed by atoms with Crippen molar-refractivity contribution in [3.05, 3.63) is 33.8 Å². The molecule has 0 unspecified atom stereocenters. The molecule has 0 bridgehead atoms. The lowest BCUT2D eigenvalue weighted by atomic mass is 10.0. The van der Waals surface area contributed by atoms with E-state index in [0.29, 0.717) is 0 Å². The Morgan fingerprint density at radius 2 is 2.06 bits per heavy atom. The summed E-state index contributed by atoms with van der Waals surface area (Å²) < 4.78 is 42.0. The molecule has 0 saturated carbocycles. The number of hydrogen-bond donors (Lipinski definition) is 0. The molecule has 0 amide bonds. The predicted molar refractivity (Wildman–Crippen MR) is 52.5 cm³/mol. The van der Waals surface area contributed by atoms with Crippen LogP contribution in [-0.4, -0.2) is 13.1 Å². The average molecular weight is 264 g/mol. The van der Waals surface area contributed by atoms with Gasteiger partial charge in [-0.2, -0.15) is 18.4 Å². The first-order valence-electron chi connectivity index (χ1n) is 4.20. The molecular weight excluding hydrogens is 259 g/mol. The summed E-state index contributed by atoms with van der Waals surface area (Å²) in [4.78, 5) is 11.1. The fourth-order valence-electron chi connectivity index (χ4n) is 1.22. The molecule has 0 fully saturated rings. The number of carbonyl (C=O) groups excluding carboxylic acids is 1. The minimum absolute atomic E-state index is 0.206. The smallest absolute Gasteiger partial charge is 0.419 e. The van der Waals surface area contributed by atoms with E-state index in [2.05, 4.69) is 4.74 Å². The highest BCUT2D eigenvalue weighted by molar-refractivity contribution is 6.32. The van der Waals surface area contributed by atoms with Gasteiger partial charge in [0.2, 0.25) is 0 Å². The van der Waals surface area contributed by atoms with Gasteiger partial charge in [-0.15, -0.1) is 0 Å². The topological polar surface area (TPSA) is 50.1 Å². The number of hydrogen-bond acceptors (Lipinski definition) is 3. The molecule has 0 heterocycles. The van der Waals surface area contributed by atoms with Gasteiger partial charge in [0, 0.05) is 0 Å². The van der Waals surface area contributed by atoms with Crippen LogP contribution in [0.4, 0.5) is 13.2 Å². The number of methoxy groups -OCH3 is 1. The van der Waals surface area contributed by atoms with Crippen LogP contribution >= 0.6 is 11.6 Å². The quantitative estimate of drug-likeness (QED) is 0.732. The first kappa shape index (κ1) is 13.3. The Morgan fingerprint density at radius 3 is 2.47 bits per heavy atom. The maximum atomic E-state index is 12.6. The summed E-state index contributed by atoms with van der Waals surface area (Å²) in [5, 5.41) is 7.91. The van der Waals surface area contributed by atoms with Crippen molar-refractivity contribution in [2.75, 3.05) is 7.11 Å². The zero-order valence-electron chi connectivity index (χ0n) is 8.43. The summed E-state index contributed by atoms with van der Waals surface area (Å²) in [5.74, 6) is -0.864. The fraction of sp³-hybridized carbons (Fsp3) is 0.200. The molecule has 0 aromatic heterocycles. The van der Waals surface area contributed by atoms with Crippen molar-refractivity contribution in [1.82, 2.24) is 0 Å². The van der Waals surface area contributed by atoms with E-state index in [0.717, 1.165) is 19.2 Å². The van der Waals surface area contributed by atoms with Crippen molar-refractivity contribution in [1.29, 1.82) is 5.26 Å². The number of benzene rings is 1. The summed E-state index contributed by atoms with van der Waals surface area (Å²) >= 11 is 5.42. The summed E-state index contributed by atoms with van der Waals surface area (Å²) in [5.41, 5.74) is -2.18. The van der Waals surface area contributed by atoms with E-state index in [4.69, 9.17) is 16.9 Å². The molecule has 0 atom stereocenters. The van der Waals surface area contributed by atoms with Gasteiger partial charge >= 0.3 is 12.1 Å². The van der Waals surface area contributed by atoms with Crippen molar-refractivity contribution in [3.8, 4) is 6.07 Å². The van der Waals surface area contributed by atoms with Gasteiger partial charge in [-0.25, -0.2) is 4.79 Å². The molecule has 1 rings (SSSR count). The minimum atomic E-state index is -4.75. The summed E-state index contributed by atoms with van der Waals surface area (Å²) in [6, 6.07) is 2.96. The van der Waals surface area contributed by atoms with Crippen LogP contribution in [0.5, 0.6) is 0 Å². The highest BCUT2D eigenvalue weighted by Crippen LogP contribution is 2.37. The lowest BCUT2D eigenvalue weighted by Gasteiger charge is -2.11. The second-order valence-electron chi connectivity index (χ2n) is 2.98. The van der Waals surface area contributed by atoms with E-state index in [-0.39, 0.29) is 5.56 Å². The third kappa shape index (κ3) is 2.68. The number of ether oxygens (including phenoxy) is 1. The van der Waals surface area contributed by atoms with Crippen LogP contribution in [0.2, 0.25) is 5.02 Å². The normalized spacial score (nSPS) is 10.8. The first-order valence-corrected chi connectivity index (χ1v) is 4.58. The molecule has 0 radical (unpaired) electrons. The van der Waals surface area contributed by atoms with Crippen LogP contribution in [-0.2, 0) is 10.9 Å². The highest BCUT2D eigenvalue weighted by Gasteiger charge is 2.37. The maximum absolute atomic E-state index is 12.6. The zero-order valence-corrected chi connectivity index (χ0v) is 9.19. The molecule has 0 N–H and O–H groups in total. The van der Waals surface area contributed by atoms with Gasteiger partial charge in [-0.3, -0.25) is 0 Å². The molecule has 0 spiro atoms. The van der Waals surface area contributed by atoms with E-state index in [1.807, 2.05) is 0 Å². The predicted octanol–water partition coefficient (Wildman–Crippen LogP) is 3.02. The van der Waals surface area contributed by atoms with Crippen molar-refractivity contribution in [3.63, 3.8) is 0 Å². The lowest BCUT2D eigenvalue weighted by Crippen LogP contribution is -2.11. The molecule has 7 heteroatoms. The summed E-state index contributed by atoms with van der Waals surface area (Å²) in [6.07, 6.45) is -4.75. The number of rotatable bonds is 1. The number of carbonyl (C=O) groups is 1. The Bertz CT molecular complexity index is 505. The van der Waals surface area contributed by atoms with Gasteiger partial charge in [-0.05, 0) is 12.1 Å². The van der Waals surface area contributed by atoms with Gasteiger partial charge < -0.3 is 4.74 Å². The van der Waals surface area contributed by atoms with Crippen LogP contribution in [0.25, 0.3) is 0 Å². The Labute approximate surface area is 99.4 Å². The third-order valence-corrected chi connectivity index (χ3v) is 2.21. The van der Waals surface area contributed by atoms with E-state index in [1.165, 1.54) is 6.07 Å². The molecule has 90 valence electrons. The fourth-order valence-corrected chi connectivity index (χ4v) is 1.55. The van der Waals surface area contributed by atoms with Gasteiger partial charge in [0.15, 0.2) is 0 Å². The number of nitrogens with zero attached hydrogens (tertiary/aromatic N) is 1. The van der Waals surface area contributed by atoms with Crippen molar-refractivity contribution in [2.24, 2.45) is 0 Å². The van der Waals surface area contributed by atoms with E-state index < -0.39 is 28.3 Å². The second kappa shape index (κ2) is 4.63. The molecular formula is C10H5ClF3NO2. The van der Waals surface area contributed by atoms with Gasteiger partial charge in [0.1, 0.15) is 0 Å². The number of halogens is 4. The highest BCUT2D eigenvalue weighted by atomic mass is 35.5. The number of esters is 1. The average Bonchev–Trinajstić information content (AvgIpc) is 2.24. The Morgan fingerprint density at radius 1 is 1.47 bits per heavy atom. The van der Waals surface area contributed by atoms with Crippen molar-refractivity contribution < 1.29 is 22.7 Å². The second-order valence-corrected chi connectivity index (χ2v) is 3.39.